The van der Waals surface area contributed by atoms with Crippen molar-refractivity contribution in [2.24, 2.45) is 0 Å². The van der Waals surface area contributed by atoms with E-state index >= 15 is 0 Å². The molecule has 3 nitrogen and oxygen atoms in total. The van der Waals surface area contributed by atoms with Crippen LogP contribution in [0.1, 0.15) is 17.6 Å². The van der Waals surface area contributed by atoms with Crippen LogP contribution in [0.3, 0.4) is 0 Å². The zero-order chi connectivity index (χ0) is 12.5. The van der Waals surface area contributed by atoms with Crippen LogP contribution in [0.15, 0.2) is 18.2 Å². The smallest absolute Gasteiger partial charge is 0.258 e. The first kappa shape index (κ1) is 12.3. The van der Waals surface area contributed by atoms with Gasteiger partial charge in [-0.2, -0.15) is 13.2 Å². The first-order valence-corrected chi connectivity index (χ1v) is 3.87. The van der Waals surface area contributed by atoms with E-state index in [2.05, 4.69) is 0 Å². The molecule has 1 aromatic carbocycles. The van der Waals surface area contributed by atoms with E-state index in [0.29, 0.717) is 12.1 Å². The SMILES string of the molecule is O=[N+]([O-])c1ccc(C(F)F)cc1C(F)(F)F. The quantitative estimate of drug-likeness (QED) is 0.451. The Morgan fingerprint density at radius 2 is 1.81 bits per heavy atom. The lowest BCUT2D eigenvalue weighted by Gasteiger charge is -2.08. The molecule has 0 aliphatic carbocycles. The van der Waals surface area contributed by atoms with Crippen molar-refractivity contribution in [2.45, 2.75) is 12.6 Å². The van der Waals surface area contributed by atoms with Gasteiger partial charge in [0.05, 0.1) is 4.92 Å². The van der Waals surface area contributed by atoms with E-state index in [1.165, 1.54) is 0 Å². The van der Waals surface area contributed by atoms with Crippen LogP contribution in [-0.4, -0.2) is 4.92 Å². The fourth-order valence-electron chi connectivity index (χ4n) is 1.08. The van der Waals surface area contributed by atoms with Gasteiger partial charge in [0.1, 0.15) is 5.56 Å². The number of nitro groups is 1. The molecule has 0 saturated carbocycles. The van der Waals surface area contributed by atoms with Crippen molar-refractivity contribution < 1.29 is 26.9 Å². The minimum Gasteiger partial charge on any atom is -0.258 e. The number of hydrogen-bond donors (Lipinski definition) is 0. The Bertz CT molecular complexity index is 415. The van der Waals surface area contributed by atoms with Crippen LogP contribution in [0.2, 0.25) is 0 Å². The highest BCUT2D eigenvalue weighted by atomic mass is 19.4. The summed E-state index contributed by atoms with van der Waals surface area (Å²) in [6, 6.07) is 1.10. The van der Waals surface area contributed by atoms with Gasteiger partial charge in [-0.15, -0.1) is 0 Å². The molecule has 1 rings (SSSR count). The number of rotatable bonds is 2. The minimum atomic E-state index is -5.03. The van der Waals surface area contributed by atoms with Crippen LogP contribution in [0.4, 0.5) is 27.6 Å². The van der Waals surface area contributed by atoms with Gasteiger partial charge >= 0.3 is 6.18 Å². The summed E-state index contributed by atoms with van der Waals surface area (Å²) in [5.41, 5.74) is -3.81. The lowest BCUT2D eigenvalue weighted by atomic mass is 10.1. The minimum absolute atomic E-state index is 0.0861. The van der Waals surface area contributed by atoms with Crippen molar-refractivity contribution in [3.63, 3.8) is 0 Å². The molecule has 0 radical (unpaired) electrons. The predicted molar refractivity (Wildman–Crippen MR) is 43.1 cm³/mol. The highest BCUT2D eigenvalue weighted by molar-refractivity contribution is 5.45. The highest BCUT2D eigenvalue weighted by Gasteiger charge is 2.38. The summed E-state index contributed by atoms with van der Waals surface area (Å²) in [4.78, 5) is 9.00. The van der Waals surface area contributed by atoms with Crippen LogP contribution in [-0.2, 0) is 6.18 Å². The summed E-state index contributed by atoms with van der Waals surface area (Å²) in [6.07, 6.45) is -8.14. The molecule has 1 aromatic rings. The summed E-state index contributed by atoms with van der Waals surface area (Å²) < 4.78 is 61.2. The molecule has 88 valence electrons. The number of nitro benzene ring substituents is 1. The Morgan fingerprint density at radius 1 is 1.25 bits per heavy atom. The molecule has 0 N–H and O–H groups in total. The molecule has 0 spiro atoms. The van der Waals surface area contributed by atoms with E-state index in [1.54, 1.807) is 0 Å². The van der Waals surface area contributed by atoms with Crippen LogP contribution in [0.5, 0.6) is 0 Å². The normalized spacial score (nSPS) is 11.9. The van der Waals surface area contributed by atoms with Gasteiger partial charge in [0.15, 0.2) is 0 Å². The van der Waals surface area contributed by atoms with Crippen LogP contribution in [0, 0.1) is 10.1 Å². The Kier molecular flexibility index (Phi) is 3.11. The van der Waals surface area contributed by atoms with Gasteiger partial charge < -0.3 is 0 Å². The van der Waals surface area contributed by atoms with Gasteiger partial charge in [0.2, 0.25) is 0 Å². The second-order valence-electron chi connectivity index (χ2n) is 2.83. The maximum atomic E-state index is 12.3. The molecule has 0 fully saturated rings. The van der Waals surface area contributed by atoms with Crippen molar-refractivity contribution in [3.05, 3.63) is 39.4 Å². The molecule has 0 amide bonds. The van der Waals surface area contributed by atoms with Gasteiger partial charge in [-0.25, -0.2) is 8.78 Å². The molecule has 8 heteroatoms. The average Bonchev–Trinajstić information content (AvgIpc) is 2.15. The fourth-order valence-corrected chi connectivity index (χ4v) is 1.08. The number of benzene rings is 1. The van der Waals surface area contributed by atoms with Gasteiger partial charge in [0, 0.05) is 11.6 Å². The molecule has 16 heavy (non-hydrogen) atoms. The second kappa shape index (κ2) is 4.03. The highest BCUT2D eigenvalue weighted by Crippen LogP contribution is 2.37. The lowest BCUT2D eigenvalue weighted by molar-refractivity contribution is -0.388. The molecular weight excluding hydrogens is 237 g/mol. The molecular formula is C8H4F5NO2. The van der Waals surface area contributed by atoms with Gasteiger partial charge in [-0.3, -0.25) is 10.1 Å². The molecule has 0 bridgehead atoms. The number of halogens is 5. The van der Waals surface area contributed by atoms with Crippen molar-refractivity contribution in [1.82, 2.24) is 0 Å². The lowest BCUT2D eigenvalue weighted by Crippen LogP contribution is -2.09. The summed E-state index contributed by atoms with van der Waals surface area (Å²) in [6.45, 7) is 0. The van der Waals surface area contributed by atoms with Crippen LogP contribution in [0.25, 0.3) is 0 Å². The number of alkyl halides is 5. The Labute approximate surface area is 85.6 Å². The van der Waals surface area contributed by atoms with Crippen LogP contribution >= 0.6 is 0 Å². The standard InChI is InChI=1S/C8H4F5NO2/c9-7(10)4-1-2-6(14(15)16)5(3-4)8(11,12)13/h1-3,7H. The van der Waals surface area contributed by atoms with Gasteiger partial charge in [0.25, 0.3) is 12.1 Å². The van der Waals surface area contributed by atoms with E-state index in [9.17, 15) is 32.1 Å². The molecule has 0 aromatic heterocycles. The maximum Gasteiger partial charge on any atom is 0.423 e. The molecule has 0 heterocycles. The summed E-state index contributed by atoms with van der Waals surface area (Å²) in [7, 11) is 0. The van der Waals surface area contributed by atoms with Crippen LogP contribution < -0.4 is 0 Å². The summed E-state index contributed by atoms with van der Waals surface area (Å²) >= 11 is 0. The van der Waals surface area contributed by atoms with E-state index < -0.39 is 34.3 Å². The maximum absolute atomic E-state index is 12.3. The van der Waals surface area contributed by atoms with Crippen molar-refractivity contribution in [2.75, 3.05) is 0 Å². The van der Waals surface area contributed by atoms with Gasteiger partial charge in [-0.1, -0.05) is 0 Å². The van der Waals surface area contributed by atoms with Gasteiger partial charge in [-0.05, 0) is 12.1 Å². The second-order valence-corrected chi connectivity index (χ2v) is 2.83. The van der Waals surface area contributed by atoms with Crippen molar-refractivity contribution >= 4 is 5.69 Å². The Hall–Kier alpha value is -1.73. The monoisotopic (exact) mass is 241 g/mol. The van der Waals surface area contributed by atoms with E-state index in [4.69, 9.17) is 0 Å². The molecule has 0 atom stereocenters. The summed E-state index contributed by atoms with van der Waals surface area (Å²) in [5.74, 6) is 0. The average molecular weight is 241 g/mol. The van der Waals surface area contributed by atoms with Crippen molar-refractivity contribution in [3.8, 4) is 0 Å². The first-order chi connectivity index (χ1) is 7.23. The fraction of sp³-hybridized carbons (Fsp3) is 0.250. The Morgan fingerprint density at radius 3 is 2.19 bits per heavy atom. The molecule has 0 aliphatic rings. The zero-order valence-electron chi connectivity index (χ0n) is 7.46. The molecule has 0 saturated heterocycles. The topological polar surface area (TPSA) is 43.1 Å². The van der Waals surface area contributed by atoms with Crippen molar-refractivity contribution in [1.29, 1.82) is 0 Å². The predicted octanol–water partition coefficient (Wildman–Crippen LogP) is 3.55. The third-order valence-electron chi connectivity index (χ3n) is 1.77. The number of hydrogen-bond acceptors (Lipinski definition) is 2. The third kappa shape index (κ3) is 2.44. The Balaban J connectivity index is 3.39. The van der Waals surface area contributed by atoms with E-state index in [0.717, 1.165) is 0 Å². The molecule has 0 unspecified atom stereocenters. The zero-order valence-corrected chi connectivity index (χ0v) is 7.46. The summed E-state index contributed by atoms with van der Waals surface area (Å²) in [5, 5.41) is 10.3. The first-order valence-electron chi connectivity index (χ1n) is 3.87. The van der Waals surface area contributed by atoms with E-state index in [1.807, 2.05) is 0 Å². The largest absolute Gasteiger partial charge is 0.423 e. The van der Waals surface area contributed by atoms with E-state index in [-0.39, 0.29) is 6.07 Å². The third-order valence-corrected chi connectivity index (χ3v) is 1.77. The molecule has 0 aliphatic heterocycles. The number of nitrogens with zero attached hydrogens (tertiary/aromatic N) is 1.